The fraction of sp³-hybridized carbons (Fsp3) is 0.150. The number of aromatic nitrogens is 2. The second-order valence-corrected chi connectivity index (χ2v) is 6.98. The molecule has 3 aromatic rings. The zero-order chi connectivity index (χ0) is 18.4. The van der Waals surface area contributed by atoms with Crippen molar-refractivity contribution in [2.45, 2.75) is 6.04 Å². The average molecular weight is 431 g/mol. The summed E-state index contributed by atoms with van der Waals surface area (Å²) in [5.74, 6) is 6.14. The van der Waals surface area contributed by atoms with Gasteiger partial charge in [-0.3, -0.25) is 5.32 Å². The molecule has 0 bridgehead atoms. The van der Waals surface area contributed by atoms with E-state index < -0.39 is 0 Å². The number of nitrogens with one attached hydrogen (secondary N) is 1. The van der Waals surface area contributed by atoms with Crippen LogP contribution < -0.4 is 5.32 Å². The Bertz CT molecular complexity index is 911. The fourth-order valence-corrected chi connectivity index (χ4v) is 3.38. The van der Waals surface area contributed by atoms with E-state index in [1.165, 1.54) is 0 Å². The number of nitrogens with zero attached hydrogens (tertiary/aromatic N) is 2. The highest BCUT2D eigenvalue weighted by Crippen LogP contribution is 2.23. The summed E-state index contributed by atoms with van der Waals surface area (Å²) < 4.78 is 2.66. The largest absolute Gasteiger partial charge is 0.394 e. The van der Waals surface area contributed by atoms with Crippen LogP contribution in [0.1, 0.15) is 17.2 Å². The van der Waals surface area contributed by atoms with Crippen molar-refractivity contribution in [1.82, 2.24) is 15.1 Å². The monoisotopic (exact) mass is 429 g/mol. The van der Waals surface area contributed by atoms with Gasteiger partial charge in [-0.15, -0.1) is 0 Å². The molecular weight excluding hydrogens is 414 g/mol. The molecule has 3 rings (SSSR count). The van der Waals surface area contributed by atoms with Gasteiger partial charge in [-0.05, 0) is 35.9 Å². The Kier molecular flexibility index (Phi) is 6.48. The molecule has 2 N–H and O–H groups in total. The minimum atomic E-state index is -0.230. The van der Waals surface area contributed by atoms with Crippen molar-refractivity contribution >= 4 is 27.5 Å². The van der Waals surface area contributed by atoms with E-state index in [4.69, 9.17) is 11.6 Å². The number of rotatable bonds is 5. The Morgan fingerprint density at radius 1 is 1.23 bits per heavy atom. The van der Waals surface area contributed by atoms with Crippen molar-refractivity contribution in [3.8, 4) is 17.5 Å². The Balaban J connectivity index is 1.62. The first-order valence-electron chi connectivity index (χ1n) is 8.05. The quantitative estimate of drug-likeness (QED) is 0.602. The lowest BCUT2D eigenvalue weighted by atomic mass is 10.1. The third-order valence-corrected chi connectivity index (χ3v) is 4.42. The molecule has 0 aliphatic heterocycles. The maximum Gasteiger partial charge on any atom is 0.0651 e. The lowest BCUT2D eigenvalue weighted by Gasteiger charge is -2.15. The van der Waals surface area contributed by atoms with E-state index in [1.807, 2.05) is 54.7 Å². The van der Waals surface area contributed by atoms with Crippen LogP contribution in [0.4, 0.5) is 0 Å². The summed E-state index contributed by atoms with van der Waals surface area (Å²) in [6.45, 7) is 0.395. The molecule has 2 aromatic carbocycles. The van der Waals surface area contributed by atoms with E-state index in [1.54, 1.807) is 10.9 Å². The molecule has 6 heteroatoms. The summed E-state index contributed by atoms with van der Waals surface area (Å²) in [6, 6.07) is 15.2. The molecule has 0 saturated heterocycles. The van der Waals surface area contributed by atoms with Crippen LogP contribution in [0.2, 0.25) is 5.02 Å². The minimum Gasteiger partial charge on any atom is -0.394 e. The maximum atomic E-state index is 9.62. The van der Waals surface area contributed by atoms with E-state index in [2.05, 4.69) is 38.2 Å². The predicted molar refractivity (Wildman–Crippen MR) is 107 cm³/mol. The zero-order valence-corrected chi connectivity index (χ0v) is 16.2. The molecule has 0 radical (unpaired) electrons. The summed E-state index contributed by atoms with van der Waals surface area (Å²) in [4.78, 5) is 0. The number of para-hydroxylation sites is 1. The van der Waals surface area contributed by atoms with Crippen LogP contribution in [-0.4, -0.2) is 28.0 Å². The molecule has 1 atom stereocenters. The number of halogens is 2. The molecule has 0 spiro atoms. The summed E-state index contributed by atoms with van der Waals surface area (Å²) in [5, 5.41) is 17.8. The van der Waals surface area contributed by atoms with Gasteiger partial charge in [0.1, 0.15) is 0 Å². The summed E-state index contributed by atoms with van der Waals surface area (Å²) in [6.07, 6.45) is 3.62. The average Bonchev–Trinajstić information content (AvgIpc) is 3.10. The molecule has 26 heavy (non-hydrogen) atoms. The molecule has 0 aliphatic rings. The molecule has 0 amide bonds. The van der Waals surface area contributed by atoms with E-state index >= 15 is 0 Å². The summed E-state index contributed by atoms with van der Waals surface area (Å²) in [5.41, 5.74) is 2.73. The standard InChI is InChI=1S/C20H17BrClN3O/c21-17-9-16(10-18(22)11-17)20(14-26)23-8-4-5-15-12-24-25(13-15)19-6-2-1-3-7-19/h1-3,6-7,9-13,20,23,26H,8,14H2/t20-/m1/s1. The minimum absolute atomic E-state index is 0.0413. The van der Waals surface area contributed by atoms with Gasteiger partial charge in [-0.2, -0.15) is 5.10 Å². The van der Waals surface area contributed by atoms with Gasteiger partial charge in [0.25, 0.3) is 0 Å². The Morgan fingerprint density at radius 3 is 2.77 bits per heavy atom. The molecule has 0 saturated carbocycles. The first-order chi connectivity index (χ1) is 12.7. The lowest BCUT2D eigenvalue weighted by molar-refractivity contribution is 0.248. The number of aliphatic hydroxyl groups excluding tert-OH is 1. The van der Waals surface area contributed by atoms with Crippen LogP contribution in [-0.2, 0) is 0 Å². The van der Waals surface area contributed by atoms with Crippen LogP contribution in [0.15, 0.2) is 65.4 Å². The Labute approximate surface area is 165 Å². The van der Waals surface area contributed by atoms with Gasteiger partial charge < -0.3 is 5.11 Å². The van der Waals surface area contributed by atoms with Crippen molar-refractivity contribution < 1.29 is 5.11 Å². The van der Waals surface area contributed by atoms with Crippen molar-refractivity contribution in [3.63, 3.8) is 0 Å². The SMILES string of the molecule is OC[C@@H](NCC#Cc1cnn(-c2ccccc2)c1)c1cc(Cl)cc(Br)c1. The molecule has 1 aromatic heterocycles. The number of hydrogen-bond acceptors (Lipinski definition) is 3. The Hall–Kier alpha value is -2.10. The number of hydrogen-bond donors (Lipinski definition) is 2. The third-order valence-electron chi connectivity index (χ3n) is 3.74. The first kappa shape index (κ1) is 18.7. The highest BCUT2D eigenvalue weighted by molar-refractivity contribution is 9.10. The van der Waals surface area contributed by atoms with Crippen LogP contribution in [0.25, 0.3) is 5.69 Å². The van der Waals surface area contributed by atoms with E-state index in [-0.39, 0.29) is 12.6 Å². The van der Waals surface area contributed by atoms with Gasteiger partial charge in [-0.1, -0.05) is 57.6 Å². The van der Waals surface area contributed by atoms with Gasteiger partial charge in [0.05, 0.1) is 36.6 Å². The fourth-order valence-electron chi connectivity index (χ4n) is 2.49. The Morgan fingerprint density at radius 2 is 2.04 bits per heavy atom. The van der Waals surface area contributed by atoms with Crippen molar-refractivity contribution in [1.29, 1.82) is 0 Å². The van der Waals surface area contributed by atoms with Gasteiger partial charge in [0, 0.05) is 15.7 Å². The summed E-state index contributed by atoms with van der Waals surface area (Å²) in [7, 11) is 0. The molecule has 0 aliphatic carbocycles. The van der Waals surface area contributed by atoms with Gasteiger partial charge in [-0.25, -0.2) is 4.68 Å². The topological polar surface area (TPSA) is 50.1 Å². The van der Waals surface area contributed by atoms with Crippen molar-refractivity contribution in [3.05, 3.63) is 81.5 Å². The van der Waals surface area contributed by atoms with E-state index in [9.17, 15) is 5.11 Å². The first-order valence-corrected chi connectivity index (χ1v) is 9.22. The van der Waals surface area contributed by atoms with Crippen molar-refractivity contribution in [2.24, 2.45) is 0 Å². The normalized spacial score (nSPS) is 11.7. The maximum absolute atomic E-state index is 9.62. The molecular formula is C20H17BrClN3O. The predicted octanol–water partition coefficient (Wildman–Crippen LogP) is 3.96. The smallest absolute Gasteiger partial charge is 0.0651 e. The van der Waals surface area contributed by atoms with Crippen LogP contribution >= 0.6 is 27.5 Å². The van der Waals surface area contributed by atoms with Crippen LogP contribution in [0, 0.1) is 11.8 Å². The third kappa shape index (κ3) is 4.96. The number of aliphatic hydroxyl groups is 1. The van der Waals surface area contributed by atoms with E-state index in [0.717, 1.165) is 21.3 Å². The molecule has 1 heterocycles. The number of benzene rings is 2. The van der Waals surface area contributed by atoms with Gasteiger partial charge in [0.15, 0.2) is 0 Å². The molecule has 0 unspecified atom stereocenters. The zero-order valence-electron chi connectivity index (χ0n) is 13.9. The van der Waals surface area contributed by atoms with Crippen LogP contribution in [0.3, 0.4) is 0 Å². The van der Waals surface area contributed by atoms with Crippen LogP contribution in [0.5, 0.6) is 0 Å². The molecule has 132 valence electrons. The van der Waals surface area contributed by atoms with Crippen molar-refractivity contribution in [2.75, 3.05) is 13.2 Å². The second-order valence-electron chi connectivity index (χ2n) is 5.63. The van der Waals surface area contributed by atoms with Gasteiger partial charge in [0.2, 0.25) is 0 Å². The highest BCUT2D eigenvalue weighted by Gasteiger charge is 2.10. The van der Waals surface area contributed by atoms with E-state index in [0.29, 0.717) is 11.6 Å². The van der Waals surface area contributed by atoms with Gasteiger partial charge >= 0.3 is 0 Å². The molecule has 0 fully saturated rings. The molecule has 4 nitrogen and oxygen atoms in total. The lowest BCUT2D eigenvalue weighted by Crippen LogP contribution is -2.24. The second kappa shape index (κ2) is 9.02. The summed E-state index contributed by atoms with van der Waals surface area (Å²) >= 11 is 9.48. The highest BCUT2D eigenvalue weighted by atomic mass is 79.9.